The SMILES string of the molecule is N#Cc1c(N)sc2c(F)ccc(-c3c(Cl)c4c5c(nc(OC[C@@]67CCCN6C[C@H](F)C7)nc5c3F)N3CCC(C#N)CC3CCO4)c12. The number of hydrogen-bond donors (Lipinski definition) is 1. The summed E-state index contributed by atoms with van der Waals surface area (Å²) in [6.07, 6.45) is 2.83. The molecule has 47 heavy (non-hydrogen) atoms. The monoisotopic (exact) mass is 679 g/mol. The number of nitrogens with zero attached hydrogens (tertiary/aromatic N) is 6. The summed E-state index contributed by atoms with van der Waals surface area (Å²) in [7, 11) is 0. The van der Waals surface area contributed by atoms with Crippen molar-refractivity contribution in [3.8, 4) is 35.0 Å². The molecule has 0 amide bonds. The Kier molecular flexibility index (Phi) is 7.28. The maximum Gasteiger partial charge on any atom is 0.319 e. The number of aromatic nitrogens is 2. The molecular weight excluding hydrogens is 651 g/mol. The first-order valence-corrected chi connectivity index (χ1v) is 16.9. The van der Waals surface area contributed by atoms with E-state index in [1.807, 2.05) is 6.07 Å². The summed E-state index contributed by atoms with van der Waals surface area (Å²) in [6, 6.07) is 6.79. The van der Waals surface area contributed by atoms with Gasteiger partial charge in [-0.2, -0.15) is 20.5 Å². The summed E-state index contributed by atoms with van der Waals surface area (Å²) in [6.45, 7) is 2.00. The van der Waals surface area contributed by atoms with Crippen LogP contribution in [0.4, 0.5) is 24.0 Å². The molecule has 2 unspecified atom stereocenters. The molecule has 2 aromatic heterocycles. The number of nitrogens with two attached hydrogens (primary N) is 1. The number of piperidine rings is 1. The van der Waals surface area contributed by atoms with Crippen molar-refractivity contribution in [1.82, 2.24) is 14.9 Å². The first-order chi connectivity index (χ1) is 22.7. The van der Waals surface area contributed by atoms with E-state index in [-0.39, 0.29) is 84.6 Å². The summed E-state index contributed by atoms with van der Waals surface area (Å²) in [5.41, 5.74) is 5.58. The molecule has 2 aromatic carbocycles. The number of halogens is 4. The Labute approximate surface area is 277 Å². The van der Waals surface area contributed by atoms with Crippen molar-refractivity contribution in [2.75, 3.05) is 43.5 Å². The van der Waals surface area contributed by atoms with Gasteiger partial charge in [0.05, 0.1) is 38.9 Å². The highest BCUT2D eigenvalue weighted by Gasteiger charge is 2.49. The molecule has 0 spiro atoms. The van der Waals surface area contributed by atoms with Crippen molar-refractivity contribution in [2.24, 2.45) is 5.92 Å². The van der Waals surface area contributed by atoms with Gasteiger partial charge in [-0.1, -0.05) is 17.7 Å². The number of fused-ring (bicyclic) bond motifs is 4. The molecule has 2 N–H and O–H groups in total. The largest absolute Gasteiger partial charge is 0.491 e. The molecule has 6 heterocycles. The fourth-order valence-electron chi connectivity index (χ4n) is 8.05. The van der Waals surface area contributed by atoms with Crippen molar-refractivity contribution >= 4 is 54.7 Å². The molecule has 0 aliphatic carbocycles. The Morgan fingerprint density at radius 3 is 2.85 bits per heavy atom. The third-order valence-corrected chi connectivity index (χ3v) is 11.6. The van der Waals surface area contributed by atoms with E-state index in [0.717, 1.165) is 30.7 Å². The van der Waals surface area contributed by atoms with Crippen LogP contribution >= 0.6 is 22.9 Å². The number of alkyl halides is 1. The van der Waals surface area contributed by atoms with Gasteiger partial charge in [-0.3, -0.25) is 4.90 Å². The Hall–Kier alpha value is -4.04. The van der Waals surface area contributed by atoms with Crippen LogP contribution in [-0.2, 0) is 0 Å². The van der Waals surface area contributed by atoms with Crippen molar-refractivity contribution in [2.45, 2.75) is 56.3 Å². The molecule has 0 radical (unpaired) electrons. The highest BCUT2D eigenvalue weighted by Crippen LogP contribution is 2.51. The van der Waals surface area contributed by atoms with Crippen LogP contribution in [-0.4, -0.2) is 65.5 Å². The average molecular weight is 680 g/mol. The summed E-state index contributed by atoms with van der Waals surface area (Å²) < 4.78 is 59.3. The van der Waals surface area contributed by atoms with Crippen LogP contribution in [0.15, 0.2) is 12.1 Å². The number of hydrogen-bond acceptors (Lipinski definition) is 10. The third kappa shape index (κ3) is 4.66. The Balaban J connectivity index is 1.35. The molecule has 4 aliphatic rings. The quantitative estimate of drug-likeness (QED) is 0.250. The number of ether oxygens (including phenoxy) is 2. The smallest absolute Gasteiger partial charge is 0.319 e. The lowest BCUT2D eigenvalue weighted by atomic mass is 9.89. The minimum atomic E-state index is -0.953. The number of nitrogen functional groups attached to an aromatic ring is 1. The highest BCUT2D eigenvalue weighted by atomic mass is 35.5. The van der Waals surface area contributed by atoms with Gasteiger partial charge in [0.15, 0.2) is 11.6 Å². The van der Waals surface area contributed by atoms with Crippen molar-refractivity contribution in [1.29, 1.82) is 10.5 Å². The minimum absolute atomic E-state index is 0.0253. The Bertz CT molecular complexity index is 2050. The van der Waals surface area contributed by atoms with Gasteiger partial charge in [-0.05, 0) is 43.9 Å². The first-order valence-electron chi connectivity index (χ1n) is 15.7. The lowest BCUT2D eigenvalue weighted by Gasteiger charge is -2.40. The molecule has 14 heteroatoms. The van der Waals surface area contributed by atoms with Crippen molar-refractivity contribution in [3.05, 3.63) is 34.4 Å². The lowest BCUT2D eigenvalue weighted by Crippen LogP contribution is -2.45. The topological polar surface area (TPSA) is 124 Å². The standard InChI is InChI=1S/C33H29ClF3N7O2S/c34-25-23(19-2-3-21(36)29-22(19)20(13-39)30(40)47-29)26(37)27-24-28(25)45-9-5-18-10-16(12-38)4-8-44(18)31(24)42-32(41-27)46-15-33-6-1-7-43(33)14-17(35)11-33/h2-3,16-18H,1,4-11,14-15,40H2/t16?,17-,18?,33+/m1/s1. The van der Waals surface area contributed by atoms with Crippen LogP contribution in [0.3, 0.4) is 0 Å². The maximum absolute atomic E-state index is 17.2. The molecule has 4 aromatic rings. The molecule has 4 atom stereocenters. The Morgan fingerprint density at radius 2 is 2.04 bits per heavy atom. The molecule has 4 aliphatic heterocycles. The first kappa shape index (κ1) is 30.3. The Morgan fingerprint density at radius 1 is 1.19 bits per heavy atom. The summed E-state index contributed by atoms with van der Waals surface area (Å²) >= 11 is 7.93. The second-order valence-corrected chi connectivity index (χ2v) is 14.3. The number of benzene rings is 2. The van der Waals surface area contributed by atoms with E-state index in [1.54, 1.807) is 0 Å². The zero-order valence-corrected chi connectivity index (χ0v) is 26.7. The summed E-state index contributed by atoms with van der Waals surface area (Å²) in [4.78, 5) is 13.6. The van der Waals surface area contributed by atoms with Crippen LogP contribution < -0.4 is 20.1 Å². The van der Waals surface area contributed by atoms with Gasteiger partial charge in [-0.25, -0.2) is 13.2 Å². The number of rotatable bonds is 4. The fraction of sp³-hybridized carbons (Fsp3) is 0.455. The van der Waals surface area contributed by atoms with Crippen molar-refractivity contribution < 1.29 is 22.6 Å². The minimum Gasteiger partial charge on any atom is -0.491 e. The highest BCUT2D eigenvalue weighted by molar-refractivity contribution is 7.23. The van der Waals surface area contributed by atoms with E-state index in [4.69, 9.17) is 31.8 Å². The van der Waals surface area contributed by atoms with Gasteiger partial charge in [0.1, 0.15) is 41.0 Å². The molecule has 9 nitrogen and oxygen atoms in total. The zero-order valence-electron chi connectivity index (χ0n) is 25.2. The third-order valence-electron chi connectivity index (χ3n) is 10.2. The van der Waals surface area contributed by atoms with Gasteiger partial charge < -0.3 is 20.1 Å². The molecular formula is C33H29ClF3N7O2S. The normalized spacial score (nSPS) is 25.5. The average Bonchev–Trinajstić information content (AvgIpc) is 3.70. The summed E-state index contributed by atoms with van der Waals surface area (Å²) in [5, 5.41) is 20.0. The van der Waals surface area contributed by atoms with Crippen LogP contribution in [0.2, 0.25) is 5.02 Å². The predicted octanol–water partition coefficient (Wildman–Crippen LogP) is 6.74. The second-order valence-electron chi connectivity index (χ2n) is 12.8. The van der Waals surface area contributed by atoms with E-state index in [1.165, 1.54) is 12.1 Å². The molecule has 3 fully saturated rings. The number of thiophene rings is 1. The fourth-order valence-corrected chi connectivity index (χ4v) is 9.34. The van der Waals surface area contributed by atoms with E-state index in [9.17, 15) is 19.3 Å². The molecule has 0 bridgehead atoms. The van der Waals surface area contributed by atoms with Gasteiger partial charge in [0.2, 0.25) is 0 Å². The molecule has 3 saturated heterocycles. The van der Waals surface area contributed by atoms with E-state index in [0.29, 0.717) is 44.6 Å². The van der Waals surface area contributed by atoms with Crippen LogP contribution in [0.1, 0.15) is 44.1 Å². The van der Waals surface area contributed by atoms with E-state index < -0.39 is 23.3 Å². The van der Waals surface area contributed by atoms with Crippen LogP contribution in [0.25, 0.3) is 32.1 Å². The van der Waals surface area contributed by atoms with Crippen LogP contribution in [0, 0.1) is 40.2 Å². The molecule has 0 saturated carbocycles. The molecule has 8 rings (SSSR count). The van der Waals surface area contributed by atoms with Gasteiger partial charge >= 0.3 is 6.01 Å². The zero-order chi connectivity index (χ0) is 32.6. The maximum atomic E-state index is 17.2. The van der Waals surface area contributed by atoms with E-state index >= 15 is 4.39 Å². The van der Waals surface area contributed by atoms with Gasteiger partial charge in [0.25, 0.3) is 0 Å². The summed E-state index contributed by atoms with van der Waals surface area (Å²) in [5.74, 6) is -1.01. The number of anilines is 2. The van der Waals surface area contributed by atoms with E-state index in [2.05, 4.69) is 20.9 Å². The van der Waals surface area contributed by atoms with Gasteiger partial charge in [-0.15, -0.1) is 11.3 Å². The van der Waals surface area contributed by atoms with Crippen molar-refractivity contribution in [3.63, 3.8) is 0 Å². The lowest BCUT2D eigenvalue weighted by molar-refractivity contribution is 0.107. The second kappa shape index (κ2) is 11.3. The molecule has 242 valence electrons. The van der Waals surface area contributed by atoms with Crippen LogP contribution in [0.5, 0.6) is 11.8 Å². The van der Waals surface area contributed by atoms with Gasteiger partial charge in [0, 0.05) is 48.8 Å². The number of nitriles is 2. The predicted molar refractivity (Wildman–Crippen MR) is 173 cm³/mol.